The Balaban J connectivity index is 2.58. The summed E-state index contributed by atoms with van der Waals surface area (Å²) in [5.41, 5.74) is 1.16. The number of rotatable bonds is 3. The van der Waals surface area contributed by atoms with Gasteiger partial charge in [-0.05, 0) is 12.2 Å². The van der Waals surface area contributed by atoms with Crippen molar-refractivity contribution in [2.45, 2.75) is 0 Å². The summed E-state index contributed by atoms with van der Waals surface area (Å²) in [6.07, 6.45) is 5.68. The molecule has 1 aliphatic rings. The van der Waals surface area contributed by atoms with Crippen LogP contribution in [0.4, 0.5) is 0 Å². The zero-order chi connectivity index (χ0) is 9.52. The Morgan fingerprint density at radius 3 is 2.69 bits per heavy atom. The number of hydrogen-bond acceptors (Lipinski definition) is 3. The lowest BCUT2D eigenvalue weighted by atomic mass is 10.3. The van der Waals surface area contributed by atoms with Crippen molar-refractivity contribution in [2.24, 2.45) is 4.99 Å². The molecule has 0 bridgehead atoms. The number of hydrogen-bond donors (Lipinski definition) is 1. The largest absolute Gasteiger partial charge is 0.369 e. The van der Waals surface area contributed by atoms with Gasteiger partial charge in [-0.25, -0.2) is 0 Å². The summed E-state index contributed by atoms with van der Waals surface area (Å²) >= 11 is 0. The van der Waals surface area contributed by atoms with Crippen LogP contribution in [0.2, 0.25) is 0 Å². The average Bonchev–Trinajstić information content (AvgIpc) is 2.21. The molecule has 0 aliphatic carbocycles. The van der Waals surface area contributed by atoms with E-state index in [9.17, 15) is 0 Å². The van der Waals surface area contributed by atoms with Crippen LogP contribution in [0, 0.1) is 0 Å². The van der Waals surface area contributed by atoms with Gasteiger partial charge in [0.2, 0.25) is 0 Å². The van der Waals surface area contributed by atoms with Gasteiger partial charge in [-0.3, -0.25) is 4.99 Å². The first kappa shape index (κ1) is 9.99. The van der Waals surface area contributed by atoms with Crippen molar-refractivity contribution in [3.05, 3.63) is 24.4 Å². The van der Waals surface area contributed by atoms with Crippen LogP contribution in [0.5, 0.6) is 0 Å². The van der Waals surface area contributed by atoms with E-state index in [2.05, 4.69) is 21.8 Å². The van der Waals surface area contributed by atoms with Gasteiger partial charge < -0.3 is 10.2 Å². The molecule has 0 atom stereocenters. The summed E-state index contributed by atoms with van der Waals surface area (Å²) < 4.78 is 0. The van der Waals surface area contributed by atoms with Gasteiger partial charge in [0.15, 0.2) is 0 Å². The number of aliphatic imine (C=N–C) groups is 1. The molecule has 0 aromatic rings. The molecule has 0 radical (unpaired) electrons. The molecule has 0 amide bonds. The maximum absolute atomic E-state index is 3.93. The highest BCUT2D eigenvalue weighted by Gasteiger charge is 2.09. The van der Waals surface area contributed by atoms with Gasteiger partial charge in [0, 0.05) is 45.1 Å². The molecule has 72 valence electrons. The summed E-state index contributed by atoms with van der Waals surface area (Å²) in [5, 5.41) is 3.31. The molecule has 1 rings (SSSR count). The van der Waals surface area contributed by atoms with Crippen LogP contribution in [-0.2, 0) is 0 Å². The fourth-order valence-corrected chi connectivity index (χ4v) is 1.38. The van der Waals surface area contributed by atoms with Gasteiger partial charge >= 0.3 is 0 Å². The molecule has 1 aliphatic heterocycles. The minimum atomic E-state index is 1.05. The molecule has 0 spiro atoms. The first-order valence-corrected chi connectivity index (χ1v) is 4.59. The molecular weight excluding hydrogens is 162 g/mol. The lowest BCUT2D eigenvalue weighted by Crippen LogP contribution is -2.42. The molecule has 0 saturated carbocycles. The summed E-state index contributed by atoms with van der Waals surface area (Å²) in [7, 11) is 1.77. The van der Waals surface area contributed by atoms with Crippen molar-refractivity contribution in [1.82, 2.24) is 10.2 Å². The number of nitrogens with zero attached hydrogens (tertiary/aromatic N) is 2. The normalized spacial score (nSPS) is 19.5. The summed E-state index contributed by atoms with van der Waals surface area (Å²) in [6.45, 7) is 8.00. The molecule has 0 aromatic carbocycles. The van der Waals surface area contributed by atoms with Crippen molar-refractivity contribution in [2.75, 3.05) is 33.2 Å². The van der Waals surface area contributed by atoms with Crippen LogP contribution in [0.3, 0.4) is 0 Å². The molecule has 0 aromatic heterocycles. The number of piperazine rings is 1. The fourth-order valence-electron chi connectivity index (χ4n) is 1.38. The van der Waals surface area contributed by atoms with Crippen LogP contribution in [0.25, 0.3) is 0 Å². The van der Waals surface area contributed by atoms with Gasteiger partial charge in [0.1, 0.15) is 0 Å². The minimum absolute atomic E-state index is 1.05. The smallest absolute Gasteiger partial charge is 0.0376 e. The third-order valence-electron chi connectivity index (χ3n) is 2.09. The van der Waals surface area contributed by atoms with E-state index in [1.54, 1.807) is 13.3 Å². The molecule has 13 heavy (non-hydrogen) atoms. The van der Waals surface area contributed by atoms with Gasteiger partial charge in [-0.15, -0.1) is 0 Å². The third-order valence-corrected chi connectivity index (χ3v) is 2.09. The van der Waals surface area contributed by atoms with E-state index in [0.29, 0.717) is 0 Å². The Morgan fingerprint density at radius 2 is 2.15 bits per heavy atom. The van der Waals surface area contributed by atoms with Crippen LogP contribution in [-0.4, -0.2) is 44.3 Å². The Bertz CT molecular complexity index is 212. The van der Waals surface area contributed by atoms with Crippen LogP contribution < -0.4 is 5.32 Å². The second kappa shape index (κ2) is 5.54. The van der Waals surface area contributed by atoms with Gasteiger partial charge in [-0.2, -0.15) is 0 Å². The highest BCUT2D eigenvalue weighted by molar-refractivity contribution is 5.72. The van der Waals surface area contributed by atoms with Crippen LogP contribution in [0.15, 0.2) is 29.4 Å². The predicted molar refractivity (Wildman–Crippen MR) is 57.1 cm³/mol. The molecule has 3 heteroatoms. The first-order valence-electron chi connectivity index (χ1n) is 4.59. The Labute approximate surface area is 79.8 Å². The van der Waals surface area contributed by atoms with E-state index < -0.39 is 0 Å². The van der Waals surface area contributed by atoms with Crippen molar-refractivity contribution in [1.29, 1.82) is 0 Å². The maximum atomic E-state index is 3.93. The second-order valence-electron chi connectivity index (χ2n) is 2.94. The molecule has 1 heterocycles. The average molecular weight is 179 g/mol. The van der Waals surface area contributed by atoms with Gasteiger partial charge in [0.25, 0.3) is 0 Å². The van der Waals surface area contributed by atoms with Crippen LogP contribution >= 0.6 is 0 Å². The molecule has 1 saturated heterocycles. The SMILES string of the molecule is C=C/C(=C\C=NC)N1CCNCC1. The maximum Gasteiger partial charge on any atom is 0.0376 e. The highest BCUT2D eigenvalue weighted by Crippen LogP contribution is 2.05. The molecule has 1 N–H and O–H groups in total. The van der Waals surface area contributed by atoms with Crippen molar-refractivity contribution in [3.63, 3.8) is 0 Å². The third kappa shape index (κ3) is 3.03. The zero-order valence-electron chi connectivity index (χ0n) is 8.16. The molecular formula is C10H17N3. The monoisotopic (exact) mass is 179 g/mol. The summed E-state index contributed by atoms with van der Waals surface area (Å²) in [4.78, 5) is 6.24. The first-order chi connectivity index (χ1) is 6.38. The van der Waals surface area contributed by atoms with E-state index in [-0.39, 0.29) is 0 Å². The number of nitrogens with one attached hydrogen (secondary N) is 1. The van der Waals surface area contributed by atoms with Crippen molar-refractivity contribution in [3.8, 4) is 0 Å². The Morgan fingerprint density at radius 1 is 1.46 bits per heavy atom. The Hall–Kier alpha value is -1.09. The fraction of sp³-hybridized carbons (Fsp3) is 0.500. The Kier molecular flexibility index (Phi) is 4.26. The van der Waals surface area contributed by atoms with E-state index >= 15 is 0 Å². The lowest BCUT2D eigenvalue weighted by Gasteiger charge is -2.29. The molecule has 1 fully saturated rings. The molecule has 0 unspecified atom stereocenters. The van der Waals surface area contributed by atoms with Crippen LogP contribution in [0.1, 0.15) is 0 Å². The topological polar surface area (TPSA) is 27.6 Å². The van der Waals surface area contributed by atoms with E-state index in [0.717, 1.165) is 31.9 Å². The lowest BCUT2D eigenvalue weighted by molar-refractivity contribution is 0.308. The predicted octanol–water partition coefficient (Wildman–Crippen LogP) is 0.662. The second-order valence-corrected chi connectivity index (χ2v) is 2.94. The van der Waals surface area contributed by atoms with Gasteiger partial charge in [0.05, 0.1) is 0 Å². The standard InChI is InChI=1S/C10H17N3/c1-3-10(4-5-11-2)13-8-6-12-7-9-13/h3-5,12H,1,6-9H2,2H3/b10-4+,11-5?. The van der Waals surface area contributed by atoms with Gasteiger partial charge in [-0.1, -0.05) is 6.58 Å². The minimum Gasteiger partial charge on any atom is -0.369 e. The van der Waals surface area contributed by atoms with E-state index in [4.69, 9.17) is 0 Å². The van der Waals surface area contributed by atoms with Crippen molar-refractivity contribution < 1.29 is 0 Å². The summed E-state index contributed by atoms with van der Waals surface area (Å²) in [5.74, 6) is 0. The summed E-state index contributed by atoms with van der Waals surface area (Å²) in [6, 6.07) is 0. The quantitative estimate of drug-likeness (QED) is 0.509. The van der Waals surface area contributed by atoms with Crippen molar-refractivity contribution >= 4 is 6.21 Å². The molecule has 3 nitrogen and oxygen atoms in total. The van der Waals surface area contributed by atoms with E-state index in [1.807, 2.05) is 12.2 Å². The van der Waals surface area contributed by atoms with E-state index in [1.165, 1.54) is 0 Å². The number of allylic oxidation sites excluding steroid dienone is 2. The zero-order valence-corrected chi connectivity index (χ0v) is 8.16. The highest BCUT2D eigenvalue weighted by atomic mass is 15.2.